The van der Waals surface area contributed by atoms with Crippen LogP contribution in [0, 0.1) is 17.5 Å². The van der Waals surface area contributed by atoms with Crippen molar-refractivity contribution in [3.63, 3.8) is 0 Å². The SMILES string of the molecule is O=C(NCCc1ccccc1)NC(CO)c1cc(F)c(F)c(F)c1. The number of benzene rings is 2. The summed E-state index contributed by atoms with van der Waals surface area (Å²) < 4.78 is 39.4. The molecule has 0 spiro atoms. The molecule has 1 unspecified atom stereocenters. The zero-order valence-corrected chi connectivity index (χ0v) is 12.7. The Morgan fingerprint density at radius 3 is 2.29 bits per heavy atom. The van der Waals surface area contributed by atoms with Gasteiger partial charge >= 0.3 is 6.03 Å². The largest absolute Gasteiger partial charge is 0.394 e. The van der Waals surface area contributed by atoms with E-state index in [0.29, 0.717) is 13.0 Å². The van der Waals surface area contributed by atoms with Crippen LogP contribution in [-0.4, -0.2) is 24.3 Å². The molecule has 0 saturated carbocycles. The van der Waals surface area contributed by atoms with Crippen LogP contribution >= 0.6 is 0 Å². The summed E-state index contributed by atoms with van der Waals surface area (Å²) in [6.07, 6.45) is 0.609. The fourth-order valence-corrected chi connectivity index (χ4v) is 2.19. The van der Waals surface area contributed by atoms with Crippen LogP contribution in [0.15, 0.2) is 42.5 Å². The first-order chi connectivity index (χ1) is 11.5. The average molecular weight is 338 g/mol. The Balaban J connectivity index is 1.91. The van der Waals surface area contributed by atoms with E-state index in [-0.39, 0.29) is 5.56 Å². The topological polar surface area (TPSA) is 61.4 Å². The predicted octanol–water partition coefficient (Wildman–Crippen LogP) is 2.68. The molecule has 2 amide bonds. The Kier molecular flexibility index (Phi) is 6.20. The highest BCUT2D eigenvalue weighted by Gasteiger charge is 2.18. The molecule has 0 aliphatic rings. The van der Waals surface area contributed by atoms with Crippen LogP contribution < -0.4 is 10.6 Å². The van der Waals surface area contributed by atoms with Crippen molar-refractivity contribution in [3.05, 3.63) is 71.0 Å². The van der Waals surface area contributed by atoms with Crippen LogP contribution in [-0.2, 0) is 6.42 Å². The summed E-state index contributed by atoms with van der Waals surface area (Å²) in [6.45, 7) is -0.239. The molecule has 1 atom stereocenters. The lowest BCUT2D eigenvalue weighted by Crippen LogP contribution is -2.40. The van der Waals surface area contributed by atoms with E-state index in [1.54, 1.807) is 0 Å². The van der Waals surface area contributed by atoms with Crippen molar-refractivity contribution >= 4 is 6.03 Å². The second-order valence-corrected chi connectivity index (χ2v) is 5.17. The number of urea groups is 1. The van der Waals surface area contributed by atoms with Gasteiger partial charge in [0.2, 0.25) is 0 Å². The summed E-state index contributed by atoms with van der Waals surface area (Å²) >= 11 is 0. The maximum atomic E-state index is 13.2. The van der Waals surface area contributed by atoms with Crippen LogP contribution in [0.1, 0.15) is 17.2 Å². The number of aliphatic hydroxyl groups is 1. The molecule has 128 valence electrons. The highest BCUT2D eigenvalue weighted by atomic mass is 19.2. The molecule has 0 bridgehead atoms. The van der Waals surface area contributed by atoms with E-state index in [9.17, 15) is 23.1 Å². The zero-order valence-electron chi connectivity index (χ0n) is 12.7. The minimum atomic E-state index is -1.59. The number of nitrogens with one attached hydrogen (secondary N) is 2. The highest BCUT2D eigenvalue weighted by Crippen LogP contribution is 2.19. The van der Waals surface area contributed by atoms with E-state index in [0.717, 1.165) is 17.7 Å². The fourth-order valence-electron chi connectivity index (χ4n) is 2.19. The van der Waals surface area contributed by atoms with E-state index in [4.69, 9.17) is 0 Å². The van der Waals surface area contributed by atoms with Gasteiger partial charge in [-0.2, -0.15) is 0 Å². The third-order valence-corrected chi connectivity index (χ3v) is 3.44. The van der Waals surface area contributed by atoms with E-state index in [1.165, 1.54) is 0 Å². The number of rotatable bonds is 6. The van der Waals surface area contributed by atoms with Crippen molar-refractivity contribution in [2.24, 2.45) is 0 Å². The Hall–Kier alpha value is -2.54. The molecule has 2 aromatic carbocycles. The Morgan fingerprint density at radius 2 is 1.71 bits per heavy atom. The van der Waals surface area contributed by atoms with Crippen LogP contribution in [0.3, 0.4) is 0 Å². The Bertz CT molecular complexity index is 672. The maximum Gasteiger partial charge on any atom is 0.315 e. The summed E-state index contributed by atoms with van der Waals surface area (Å²) in [7, 11) is 0. The molecule has 0 aliphatic heterocycles. The molecule has 3 N–H and O–H groups in total. The molecule has 0 saturated heterocycles. The monoisotopic (exact) mass is 338 g/mol. The van der Waals surface area contributed by atoms with Crippen molar-refractivity contribution < 1.29 is 23.1 Å². The summed E-state index contributed by atoms with van der Waals surface area (Å²) in [5, 5.41) is 14.3. The first-order valence-electron chi connectivity index (χ1n) is 7.35. The van der Waals surface area contributed by atoms with Gasteiger partial charge in [0.25, 0.3) is 0 Å². The van der Waals surface area contributed by atoms with Gasteiger partial charge in [0.1, 0.15) is 0 Å². The molecule has 0 aliphatic carbocycles. The number of hydrogen-bond donors (Lipinski definition) is 3. The van der Waals surface area contributed by atoms with Crippen molar-refractivity contribution in [2.75, 3.05) is 13.2 Å². The molecule has 2 aromatic rings. The first kappa shape index (κ1) is 17.8. The number of carbonyl (C=O) groups is 1. The van der Waals surface area contributed by atoms with Crippen LogP contribution in [0.4, 0.5) is 18.0 Å². The molecule has 4 nitrogen and oxygen atoms in total. The van der Waals surface area contributed by atoms with E-state index >= 15 is 0 Å². The molecule has 2 rings (SSSR count). The lowest BCUT2D eigenvalue weighted by Gasteiger charge is -2.17. The molecule has 0 heterocycles. The smallest absolute Gasteiger partial charge is 0.315 e. The van der Waals surface area contributed by atoms with Crippen molar-refractivity contribution in [1.29, 1.82) is 0 Å². The van der Waals surface area contributed by atoms with Gasteiger partial charge in [-0.1, -0.05) is 30.3 Å². The minimum Gasteiger partial charge on any atom is -0.394 e. The summed E-state index contributed by atoms with van der Waals surface area (Å²) in [4.78, 5) is 11.8. The van der Waals surface area contributed by atoms with Gasteiger partial charge in [-0.15, -0.1) is 0 Å². The zero-order chi connectivity index (χ0) is 17.5. The summed E-state index contributed by atoms with van der Waals surface area (Å²) in [5.74, 6) is -4.35. The molecular formula is C17H17F3N2O2. The number of amides is 2. The van der Waals surface area contributed by atoms with Gasteiger partial charge < -0.3 is 15.7 Å². The normalized spacial score (nSPS) is 11.8. The fraction of sp³-hybridized carbons (Fsp3) is 0.235. The lowest BCUT2D eigenvalue weighted by atomic mass is 10.1. The molecule has 7 heteroatoms. The number of aliphatic hydroxyl groups excluding tert-OH is 1. The van der Waals surface area contributed by atoms with Gasteiger partial charge in [0, 0.05) is 6.54 Å². The van der Waals surface area contributed by atoms with Crippen molar-refractivity contribution in [2.45, 2.75) is 12.5 Å². The summed E-state index contributed by atoms with van der Waals surface area (Å²) in [5.41, 5.74) is 0.978. The first-order valence-corrected chi connectivity index (χ1v) is 7.35. The van der Waals surface area contributed by atoms with E-state index in [2.05, 4.69) is 10.6 Å². The lowest BCUT2D eigenvalue weighted by molar-refractivity contribution is 0.216. The molecular weight excluding hydrogens is 321 g/mol. The predicted molar refractivity (Wildman–Crippen MR) is 82.8 cm³/mol. The summed E-state index contributed by atoms with van der Waals surface area (Å²) in [6, 6.07) is 9.31. The number of hydrogen-bond acceptors (Lipinski definition) is 2. The van der Waals surface area contributed by atoms with Gasteiger partial charge in [-0.3, -0.25) is 0 Å². The van der Waals surface area contributed by atoms with Crippen LogP contribution in [0.5, 0.6) is 0 Å². The number of halogens is 3. The van der Waals surface area contributed by atoms with Crippen molar-refractivity contribution in [1.82, 2.24) is 10.6 Å². The molecule has 0 aromatic heterocycles. The van der Waals surface area contributed by atoms with E-state index < -0.39 is 36.1 Å². The average Bonchev–Trinajstić information content (AvgIpc) is 2.58. The molecule has 0 fully saturated rings. The van der Waals surface area contributed by atoms with Crippen LogP contribution in [0.25, 0.3) is 0 Å². The minimum absolute atomic E-state index is 0.0629. The molecule has 0 radical (unpaired) electrons. The third kappa shape index (κ3) is 4.73. The Morgan fingerprint density at radius 1 is 1.08 bits per heavy atom. The second-order valence-electron chi connectivity index (χ2n) is 5.17. The standard InChI is InChI=1S/C17H17F3N2O2/c18-13-8-12(9-14(19)16(13)20)15(10-23)22-17(24)21-7-6-11-4-2-1-3-5-11/h1-5,8-9,15,23H,6-7,10H2,(H2,21,22,24). The van der Waals surface area contributed by atoms with E-state index in [1.807, 2.05) is 30.3 Å². The van der Waals surface area contributed by atoms with Crippen molar-refractivity contribution in [3.8, 4) is 0 Å². The quantitative estimate of drug-likeness (QED) is 0.709. The number of carbonyl (C=O) groups excluding carboxylic acids is 1. The van der Waals surface area contributed by atoms with Gasteiger partial charge in [0.15, 0.2) is 17.5 Å². The second kappa shape index (κ2) is 8.35. The Labute approximate surface area is 137 Å². The third-order valence-electron chi connectivity index (χ3n) is 3.44. The van der Waals surface area contributed by atoms with Gasteiger partial charge in [-0.25, -0.2) is 18.0 Å². The van der Waals surface area contributed by atoms with Gasteiger partial charge in [0.05, 0.1) is 12.6 Å². The van der Waals surface area contributed by atoms with Crippen LogP contribution in [0.2, 0.25) is 0 Å². The molecule has 24 heavy (non-hydrogen) atoms. The highest BCUT2D eigenvalue weighted by molar-refractivity contribution is 5.74. The maximum absolute atomic E-state index is 13.2. The van der Waals surface area contributed by atoms with Gasteiger partial charge in [-0.05, 0) is 29.7 Å².